The van der Waals surface area contributed by atoms with E-state index in [-0.39, 0.29) is 11.8 Å². The molecule has 4 rings (SSSR count). The highest BCUT2D eigenvalue weighted by Crippen LogP contribution is 2.44. The molecule has 130 valence electrons. The van der Waals surface area contributed by atoms with E-state index in [1.807, 2.05) is 18.2 Å². The van der Waals surface area contributed by atoms with Gasteiger partial charge < -0.3 is 14.8 Å². The standard InChI is InChI=1S/C18H20N4O3/c1-10-6-13-16(14(23)7-10)17(22-18(21-13)19-9-20-22)12-5-4-11(24-2)8-15(12)25-3/h4-5,8-10,17H,6-7H2,1-3H3,(H,19,20,21)/t10-,17-/m0/s1. The van der Waals surface area contributed by atoms with Crippen LogP contribution in [0.4, 0.5) is 5.95 Å². The van der Waals surface area contributed by atoms with Crippen molar-refractivity contribution in [2.24, 2.45) is 5.92 Å². The van der Waals surface area contributed by atoms with Gasteiger partial charge in [0.15, 0.2) is 5.78 Å². The molecule has 1 aromatic heterocycles. The average Bonchev–Trinajstić information content (AvgIpc) is 3.07. The maximum absolute atomic E-state index is 12.9. The van der Waals surface area contributed by atoms with Crippen molar-refractivity contribution in [2.75, 3.05) is 19.5 Å². The predicted octanol–water partition coefficient (Wildman–Crippen LogP) is 2.56. The first-order chi connectivity index (χ1) is 12.1. The van der Waals surface area contributed by atoms with Crippen LogP contribution in [0.5, 0.6) is 11.5 Å². The molecule has 0 saturated carbocycles. The molecule has 0 amide bonds. The lowest BCUT2D eigenvalue weighted by Crippen LogP contribution is -2.33. The van der Waals surface area contributed by atoms with E-state index in [4.69, 9.17) is 9.47 Å². The van der Waals surface area contributed by atoms with Crippen molar-refractivity contribution < 1.29 is 14.3 Å². The number of Topliss-reactive ketones (excluding diaryl/α,β-unsaturated/α-hetero) is 1. The number of fused-ring (bicyclic) bond motifs is 1. The van der Waals surface area contributed by atoms with E-state index in [0.717, 1.165) is 23.3 Å². The summed E-state index contributed by atoms with van der Waals surface area (Å²) in [5.74, 6) is 2.46. The Labute approximate surface area is 145 Å². The molecule has 25 heavy (non-hydrogen) atoms. The number of hydrogen-bond acceptors (Lipinski definition) is 6. The van der Waals surface area contributed by atoms with Crippen LogP contribution in [0.3, 0.4) is 0 Å². The first kappa shape index (κ1) is 15.7. The number of nitrogens with one attached hydrogen (secondary N) is 1. The lowest BCUT2D eigenvalue weighted by molar-refractivity contribution is -0.117. The number of aromatic nitrogens is 3. The monoisotopic (exact) mass is 340 g/mol. The lowest BCUT2D eigenvalue weighted by Gasteiger charge is -2.34. The molecule has 0 fully saturated rings. The second-order valence-corrected chi connectivity index (χ2v) is 6.49. The van der Waals surface area contributed by atoms with Gasteiger partial charge in [0.1, 0.15) is 23.9 Å². The molecule has 0 spiro atoms. The molecule has 2 aliphatic rings. The van der Waals surface area contributed by atoms with Crippen LogP contribution in [0.1, 0.15) is 31.4 Å². The second kappa shape index (κ2) is 5.91. The zero-order valence-electron chi connectivity index (χ0n) is 14.4. The zero-order valence-corrected chi connectivity index (χ0v) is 14.4. The summed E-state index contributed by atoms with van der Waals surface area (Å²) in [6, 6.07) is 5.26. The summed E-state index contributed by atoms with van der Waals surface area (Å²) in [5, 5.41) is 7.63. The number of allylic oxidation sites excluding steroid dienone is 2. The van der Waals surface area contributed by atoms with E-state index in [1.165, 1.54) is 6.33 Å². The fourth-order valence-corrected chi connectivity index (χ4v) is 3.68. The normalized spacial score (nSPS) is 22.1. The molecule has 0 saturated heterocycles. The minimum absolute atomic E-state index is 0.144. The highest BCUT2D eigenvalue weighted by Gasteiger charge is 2.39. The maximum Gasteiger partial charge on any atom is 0.226 e. The van der Waals surface area contributed by atoms with Gasteiger partial charge in [-0.3, -0.25) is 4.79 Å². The van der Waals surface area contributed by atoms with Crippen LogP contribution in [0, 0.1) is 5.92 Å². The van der Waals surface area contributed by atoms with Crippen LogP contribution in [-0.2, 0) is 4.79 Å². The molecule has 1 N–H and O–H groups in total. The summed E-state index contributed by atoms with van der Waals surface area (Å²) in [6.07, 6.45) is 2.86. The molecule has 1 aliphatic carbocycles. The minimum atomic E-state index is -0.352. The number of rotatable bonds is 3. The van der Waals surface area contributed by atoms with E-state index < -0.39 is 0 Å². The summed E-state index contributed by atoms with van der Waals surface area (Å²) in [4.78, 5) is 17.1. The molecule has 0 bridgehead atoms. The molecular weight excluding hydrogens is 320 g/mol. The molecule has 2 heterocycles. The molecule has 0 unspecified atom stereocenters. The van der Waals surface area contributed by atoms with Crippen LogP contribution in [-0.4, -0.2) is 34.8 Å². The molecule has 2 atom stereocenters. The number of methoxy groups -OCH3 is 2. The Bertz CT molecular complexity index is 871. The van der Waals surface area contributed by atoms with E-state index >= 15 is 0 Å². The first-order valence-electron chi connectivity index (χ1n) is 8.27. The Morgan fingerprint density at radius 1 is 1.24 bits per heavy atom. The summed E-state index contributed by atoms with van der Waals surface area (Å²) in [5.41, 5.74) is 2.55. The molecule has 1 aromatic carbocycles. The largest absolute Gasteiger partial charge is 0.497 e. The highest BCUT2D eigenvalue weighted by atomic mass is 16.5. The molecule has 0 radical (unpaired) electrons. The topological polar surface area (TPSA) is 78.3 Å². The third-order valence-electron chi connectivity index (χ3n) is 4.80. The van der Waals surface area contributed by atoms with Gasteiger partial charge in [-0.1, -0.05) is 6.92 Å². The molecule has 7 nitrogen and oxygen atoms in total. The third-order valence-corrected chi connectivity index (χ3v) is 4.80. The van der Waals surface area contributed by atoms with Crippen molar-refractivity contribution in [1.82, 2.24) is 14.8 Å². The van der Waals surface area contributed by atoms with Gasteiger partial charge in [0.05, 0.1) is 14.2 Å². The zero-order chi connectivity index (χ0) is 17.6. The summed E-state index contributed by atoms with van der Waals surface area (Å²) in [6.45, 7) is 2.09. The summed E-state index contributed by atoms with van der Waals surface area (Å²) in [7, 11) is 3.23. The smallest absolute Gasteiger partial charge is 0.226 e. The van der Waals surface area contributed by atoms with E-state index in [1.54, 1.807) is 18.9 Å². The molecule has 7 heteroatoms. The van der Waals surface area contributed by atoms with E-state index in [2.05, 4.69) is 22.3 Å². The van der Waals surface area contributed by atoms with Crippen molar-refractivity contribution in [2.45, 2.75) is 25.8 Å². The van der Waals surface area contributed by atoms with Gasteiger partial charge in [-0.25, -0.2) is 4.68 Å². The number of carbonyl (C=O) groups is 1. The quantitative estimate of drug-likeness (QED) is 0.925. The molecule has 1 aliphatic heterocycles. The Morgan fingerprint density at radius 3 is 2.84 bits per heavy atom. The average molecular weight is 340 g/mol. The lowest BCUT2D eigenvalue weighted by atomic mass is 9.81. The van der Waals surface area contributed by atoms with E-state index in [0.29, 0.717) is 29.8 Å². The van der Waals surface area contributed by atoms with Crippen LogP contribution < -0.4 is 14.8 Å². The maximum atomic E-state index is 12.9. The fraction of sp³-hybridized carbons (Fsp3) is 0.389. The third kappa shape index (κ3) is 2.47. The summed E-state index contributed by atoms with van der Waals surface area (Å²) < 4.78 is 12.6. The first-order valence-corrected chi connectivity index (χ1v) is 8.27. The van der Waals surface area contributed by atoms with Crippen molar-refractivity contribution >= 4 is 11.7 Å². The van der Waals surface area contributed by atoms with Gasteiger partial charge in [0, 0.05) is 29.3 Å². The molecule has 2 aromatic rings. The van der Waals surface area contributed by atoms with Gasteiger partial charge >= 0.3 is 0 Å². The Morgan fingerprint density at radius 2 is 2.08 bits per heavy atom. The highest BCUT2D eigenvalue weighted by molar-refractivity contribution is 5.99. The number of benzene rings is 1. The van der Waals surface area contributed by atoms with Gasteiger partial charge in [0.2, 0.25) is 5.95 Å². The number of anilines is 1. The van der Waals surface area contributed by atoms with Crippen LogP contribution in [0.15, 0.2) is 35.8 Å². The van der Waals surface area contributed by atoms with Crippen LogP contribution in [0.2, 0.25) is 0 Å². The predicted molar refractivity (Wildman–Crippen MR) is 91.8 cm³/mol. The van der Waals surface area contributed by atoms with Crippen molar-refractivity contribution in [3.8, 4) is 11.5 Å². The Hall–Kier alpha value is -2.83. The minimum Gasteiger partial charge on any atom is -0.497 e. The SMILES string of the molecule is COc1ccc([C@H]2C3=C(C[C@H](C)CC3=O)Nc3ncnn32)c(OC)c1. The van der Waals surface area contributed by atoms with Gasteiger partial charge in [-0.2, -0.15) is 10.1 Å². The summed E-state index contributed by atoms with van der Waals surface area (Å²) >= 11 is 0. The van der Waals surface area contributed by atoms with E-state index in [9.17, 15) is 4.79 Å². The van der Waals surface area contributed by atoms with Crippen LogP contribution in [0.25, 0.3) is 0 Å². The number of ketones is 1. The van der Waals surface area contributed by atoms with Crippen molar-refractivity contribution in [3.63, 3.8) is 0 Å². The molecular formula is C18H20N4O3. The number of hydrogen-bond donors (Lipinski definition) is 1. The van der Waals surface area contributed by atoms with Gasteiger partial charge in [0.25, 0.3) is 0 Å². The van der Waals surface area contributed by atoms with Gasteiger partial charge in [-0.05, 0) is 24.5 Å². The van der Waals surface area contributed by atoms with Crippen molar-refractivity contribution in [1.29, 1.82) is 0 Å². The number of nitrogens with zero attached hydrogens (tertiary/aromatic N) is 3. The second-order valence-electron chi connectivity index (χ2n) is 6.49. The number of carbonyl (C=O) groups excluding carboxylic acids is 1. The Kier molecular flexibility index (Phi) is 3.71. The fourth-order valence-electron chi connectivity index (χ4n) is 3.68. The Balaban J connectivity index is 1.91. The van der Waals surface area contributed by atoms with Crippen LogP contribution >= 0.6 is 0 Å². The number of ether oxygens (including phenoxy) is 2. The van der Waals surface area contributed by atoms with Crippen molar-refractivity contribution in [3.05, 3.63) is 41.4 Å². The van der Waals surface area contributed by atoms with Gasteiger partial charge in [-0.15, -0.1) is 0 Å².